The molecular formula is C16H14Cl2N4. The highest BCUT2D eigenvalue weighted by molar-refractivity contribution is 6.31. The first-order chi connectivity index (χ1) is 10.7. The molecule has 3 rings (SSSR count). The Labute approximate surface area is 138 Å². The van der Waals surface area contributed by atoms with Gasteiger partial charge in [0.05, 0.1) is 5.52 Å². The van der Waals surface area contributed by atoms with Gasteiger partial charge in [0.2, 0.25) is 5.28 Å². The number of anilines is 1. The monoisotopic (exact) mass is 332 g/mol. The number of rotatable bonds is 5. The van der Waals surface area contributed by atoms with Crippen LogP contribution >= 0.6 is 23.2 Å². The molecule has 3 aromatic rings. The summed E-state index contributed by atoms with van der Waals surface area (Å²) in [5.41, 5.74) is 2.90. The molecule has 0 saturated carbocycles. The van der Waals surface area contributed by atoms with Crippen molar-refractivity contribution in [2.75, 3.05) is 11.9 Å². The minimum atomic E-state index is 0.294. The minimum absolute atomic E-state index is 0.294. The van der Waals surface area contributed by atoms with Gasteiger partial charge in [0.15, 0.2) is 0 Å². The average Bonchev–Trinajstić information content (AvgIpc) is 2.51. The predicted molar refractivity (Wildman–Crippen MR) is 90.6 cm³/mol. The number of benzene rings is 1. The number of nitrogens with one attached hydrogen (secondary N) is 1. The molecule has 0 spiro atoms. The second kappa shape index (κ2) is 6.90. The summed E-state index contributed by atoms with van der Waals surface area (Å²) < 4.78 is 0. The quantitative estimate of drug-likeness (QED) is 0.556. The van der Waals surface area contributed by atoms with E-state index in [9.17, 15) is 0 Å². The zero-order valence-corrected chi connectivity index (χ0v) is 13.3. The summed E-state index contributed by atoms with van der Waals surface area (Å²) in [5, 5.41) is 5.49. The van der Waals surface area contributed by atoms with E-state index < -0.39 is 0 Å². The number of halogens is 2. The van der Waals surface area contributed by atoms with E-state index in [0.717, 1.165) is 41.7 Å². The van der Waals surface area contributed by atoms with Gasteiger partial charge in [-0.25, -0.2) is 9.97 Å². The van der Waals surface area contributed by atoms with Crippen LogP contribution in [0.25, 0.3) is 10.9 Å². The summed E-state index contributed by atoms with van der Waals surface area (Å²) in [6.45, 7) is 0.837. The second-order valence-electron chi connectivity index (χ2n) is 4.87. The van der Waals surface area contributed by atoms with Crippen LogP contribution < -0.4 is 5.32 Å². The van der Waals surface area contributed by atoms with Crippen LogP contribution in [0.2, 0.25) is 10.3 Å². The van der Waals surface area contributed by atoms with Crippen LogP contribution in [-0.2, 0) is 6.42 Å². The van der Waals surface area contributed by atoms with Crippen molar-refractivity contribution in [1.29, 1.82) is 0 Å². The van der Waals surface area contributed by atoms with E-state index in [2.05, 4.69) is 20.3 Å². The van der Waals surface area contributed by atoms with Crippen LogP contribution in [0, 0.1) is 0 Å². The van der Waals surface area contributed by atoms with Crippen molar-refractivity contribution in [2.45, 2.75) is 12.8 Å². The Morgan fingerprint density at radius 2 is 1.86 bits per heavy atom. The molecule has 0 fully saturated rings. The molecule has 0 aliphatic heterocycles. The Kier molecular flexibility index (Phi) is 4.71. The van der Waals surface area contributed by atoms with Gasteiger partial charge in [-0.15, -0.1) is 0 Å². The van der Waals surface area contributed by atoms with Gasteiger partial charge in [0.1, 0.15) is 0 Å². The summed E-state index contributed by atoms with van der Waals surface area (Å²) in [6, 6.07) is 9.58. The molecule has 1 aromatic carbocycles. The fourth-order valence-corrected chi connectivity index (χ4v) is 2.61. The van der Waals surface area contributed by atoms with Crippen molar-refractivity contribution in [3.05, 3.63) is 58.7 Å². The molecule has 0 aliphatic carbocycles. The normalized spacial score (nSPS) is 10.8. The number of aryl methyl sites for hydroxylation is 1. The third-order valence-corrected chi connectivity index (χ3v) is 3.73. The van der Waals surface area contributed by atoms with Crippen molar-refractivity contribution >= 4 is 39.8 Å². The van der Waals surface area contributed by atoms with Crippen LogP contribution in [0.3, 0.4) is 0 Å². The molecule has 4 nitrogen and oxygen atoms in total. The van der Waals surface area contributed by atoms with Crippen LogP contribution in [0.1, 0.15) is 12.1 Å². The van der Waals surface area contributed by atoms with Crippen LogP contribution in [0.15, 0.2) is 42.7 Å². The Morgan fingerprint density at radius 3 is 2.73 bits per heavy atom. The smallest absolute Gasteiger partial charge is 0.222 e. The van der Waals surface area contributed by atoms with Gasteiger partial charge in [-0.2, -0.15) is 0 Å². The molecular weight excluding hydrogens is 319 g/mol. The third kappa shape index (κ3) is 3.64. The lowest BCUT2D eigenvalue weighted by Crippen LogP contribution is -2.04. The zero-order chi connectivity index (χ0) is 15.4. The fraction of sp³-hybridized carbons (Fsp3) is 0.188. The van der Waals surface area contributed by atoms with Gasteiger partial charge in [0, 0.05) is 40.7 Å². The number of hydrogen-bond acceptors (Lipinski definition) is 4. The lowest BCUT2D eigenvalue weighted by molar-refractivity contribution is 0.830. The maximum Gasteiger partial charge on any atom is 0.222 e. The Hall–Kier alpha value is -1.91. The zero-order valence-electron chi connectivity index (χ0n) is 11.8. The van der Waals surface area contributed by atoms with Gasteiger partial charge in [-0.1, -0.05) is 11.6 Å². The highest BCUT2D eigenvalue weighted by Gasteiger charge is 2.03. The summed E-state index contributed by atoms with van der Waals surface area (Å²) in [5.74, 6) is 0. The van der Waals surface area contributed by atoms with Crippen molar-refractivity contribution < 1.29 is 0 Å². The predicted octanol–water partition coefficient (Wildman–Crippen LogP) is 4.38. The SMILES string of the molecule is Clc1ccc2c(NCCCc3ccnc(Cl)n3)ccnc2c1. The average molecular weight is 333 g/mol. The van der Waals surface area contributed by atoms with E-state index in [-0.39, 0.29) is 0 Å². The van der Waals surface area contributed by atoms with Crippen LogP contribution in [0.4, 0.5) is 5.69 Å². The van der Waals surface area contributed by atoms with Gasteiger partial charge in [-0.05, 0) is 54.8 Å². The largest absolute Gasteiger partial charge is 0.384 e. The molecule has 0 unspecified atom stereocenters. The van der Waals surface area contributed by atoms with E-state index in [1.165, 1.54) is 0 Å². The highest BCUT2D eigenvalue weighted by atomic mass is 35.5. The molecule has 0 saturated heterocycles. The Balaban J connectivity index is 1.62. The molecule has 0 aliphatic rings. The Morgan fingerprint density at radius 1 is 1.00 bits per heavy atom. The van der Waals surface area contributed by atoms with Gasteiger partial charge in [0.25, 0.3) is 0 Å². The summed E-state index contributed by atoms with van der Waals surface area (Å²) in [6.07, 6.45) is 5.26. The lowest BCUT2D eigenvalue weighted by atomic mass is 10.2. The van der Waals surface area contributed by atoms with Crippen molar-refractivity contribution in [3.63, 3.8) is 0 Å². The molecule has 0 radical (unpaired) electrons. The van der Waals surface area contributed by atoms with Crippen LogP contribution in [-0.4, -0.2) is 21.5 Å². The van der Waals surface area contributed by atoms with Gasteiger partial charge >= 0.3 is 0 Å². The van der Waals surface area contributed by atoms with E-state index in [1.54, 1.807) is 12.4 Å². The first-order valence-electron chi connectivity index (χ1n) is 6.98. The highest BCUT2D eigenvalue weighted by Crippen LogP contribution is 2.24. The van der Waals surface area contributed by atoms with E-state index in [1.807, 2.05) is 30.3 Å². The molecule has 2 aromatic heterocycles. The van der Waals surface area contributed by atoms with Gasteiger partial charge < -0.3 is 5.32 Å². The van der Waals surface area contributed by atoms with Crippen molar-refractivity contribution in [3.8, 4) is 0 Å². The number of aromatic nitrogens is 3. The van der Waals surface area contributed by atoms with Gasteiger partial charge in [-0.3, -0.25) is 4.98 Å². The molecule has 0 bridgehead atoms. The third-order valence-electron chi connectivity index (χ3n) is 3.31. The summed E-state index contributed by atoms with van der Waals surface area (Å²) >= 11 is 11.8. The Bertz CT molecular complexity index is 792. The standard InChI is InChI=1S/C16H14Cl2N4/c17-11-3-4-13-14(6-9-20-15(13)10-11)19-7-1-2-12-5-8-21-16(18)22-12/h3-6,8-10H,1-2,7H2,(H,19,20). The van der Waals surface area contributed by atoms with E-state index >= 15 is 0 Å². The molecule has 112 valence electrons. The molecule has 0 amide bonds. The fourth-order valence-electron chi connectivity index (χ4n) is 2.28. The van der Waals surface area contributed by atoms with E-state index in [0.29, 0.717) is 10.3 Å². The lowest BCUT2D eigenvalue weighted by Gasteiger charge is -2.09. The van der Waals surface area contributed by atoms with E-state index in [4.69, 9.17) is 23.2 Å². The minimum Gasteiger partial charge on any atom is -0.384 e. The maximum atomic E-state index is 6.00. The van der Waals surface area contributed by atoms with Crippen molar-refractivity contribution in [1.82, 2.24) is 15.0 Å². The summed E-state index contributed by atoms with van der Waals surface area (Å²) in [7, 11) is 0. The number of pyridine rings is 1. The maximum absolute atomic E-state index is 6.00. The van der Waals surface area contributed by atoms with Crippen LogP contribution in [0.5, 0.6) is 0 Å². The van der Waals surface area contributed by atoms with Crippen molar-refractivity contribution in [2.24, 2.45) is 0 Å². The number of fused-ring (bicyclic) bond motifs is 1. The molecule has 2 heterocycles. The molecule has 1 N–H and O–H groups in total. The molecule has 22 heavy (non-hydrogen) atoms. The second-order valence-corrected chi connectivity index (χ2v) is 5.64. The topological polar surface area (TPSA) is 50.7 Å². The first kappa shape index (κ1) is 15.0. The molecule has 0 atom stereocenters. The number of hydrogen-bond donors (Lipinski definition) is 1. The first-order valence-corrected chi connectivity index (χ1v) is 7.73. The number of nitrogens with zero attached hydrogens (tertiary/aromatic N) is 3. The molecule has 6 heteroatoms. The summed E-state index contributed by atoms with van der Waals surface area (Å²) in [4.78, 5) is 12.4.